The molecule has 7 N–H and O–H groups in total. The van der Waals surface area contributed by atoms with Gasteiger partial charge in [0.2, 0.25) is 0 Å². The van der Waals surface area contributed by atoms with E-state index in [1.807, 2.05) is 6.92 Å². The zero-order chi connectivity index (χ0) is 25.8. The molecule has 3 fully saturated rings. The van der Waals surface area contributed by atoms with Crippen molar-refractivity contribution in [2.24, 2.45) is 28.1 Å². The number of aliphatic hydroxyl groups excluding tert-OH is 7. The highest BCUT2D eigenvalue weighted by Gasteiger charge is 2.58. The lowest BCUT2D eigenvalue weighted by molar-refractivity contribution is -0.310. The summed E-state index contributed by atoms with van der Waals surface area (Å²) in [5.74, 6) is 0.499. The summed E-state index contributed by atoms with van der Waals surface area (Å²) in [4.78, 5) is 0. The van der Waals surface area contributed by atoms with E-state index in [1.165, 1.54) is 5.57 Å². The lowest BCUT2D eigenvalue weighted by Crippen LogP contribution is -2.60. The van der Waals surface area contributed by atoms with Crippen molar-refractivity contribution in [1.29, 1.82) is 0 Å². The largest absolute Gasteiger partial charge is 0.394 e. The van der Waals surface area contributed by atoms with Crippen LogP contribution in [0.1, 0.15) is 59.3 Å². The van der Waals surface area contributed by atoms with Gasteiger partial charge >= 0.3 is 0 Å². The summed E-state index contributed by atoms with van der Waals surface area (Å²) in [6.07, 6.45) is -1.11. The van der Waals surface area contributed by atoms with E-state index in [0.717, 1.165) is 25.7 Å². The third-order valence-electron chi connectivity index (χ3n) is 9.83. The van der Waals surface area contributed by atoms with Gasteiger partial charge in [0, 0.05) is 5.41 Å². The summed E-state index contributed by atoms with van der Waals surface area (Å²) < 4.78 is 11.6. The predicted molar refractivity (Wildman–Crippen MR) is 126 cm³/mol. The van der Waals surface area contributed by atoms with E-state index in [9.17, 15) is 35.7 Å². The van der Waals surface area contributed by atoms with Crippen molar-refractivity contribution in [3.05, 3.63) is 11.6 Å². The Labute approximate surface area is 207 Å². The Morgan fingerprint density at radius 3 is 2.40 bits per heavy atom. The minimum absolute atomic E-state index is 0.180. The van der Waals surface area contributed by atoms with Gasteiger partial charge < -0.3 is 45.2 Å². The van der Waals surface area contributed by atoms with Gasteiger partial charge in [0.05, 0.1) is 32.0 Å². The van der Waals surface area contributed by atoms with Gasteiger partial charge in [0.15, 0.2) is 6.29 Å². The van der Waals surface area contributed by atoms with Gasteiger partial charge in [-0.25, -0.2) is 0 Å². The van der Waals surface area contributed by atoms with Gasteiger partial charge in [-0.2, -0.15) is 0 Å². The molecular formula is C26H44O9. The van der Waals surface area contributed by atoms with Crippen molar-refractivity contribution in [2.45, 2.75) is 102 Å². The SMILES string of the molecule is C[C@@]1(CO[C@H]2O[C@H](CO)[C@@H](O)[C@H](O)[C@H]2O)C[C@@H](O)C[C@@]2(C)[C@@H]3CC[C@](C)([C@H](O)CO)C=C3CC[C@H]12. The molecule has 0 amide bonds. The topological polar surface area (TPSA) is 160 Å². The van der Waals surface area contributed by atoms with Crippen LogP contribution in [0.5, 0.6) is 0 Å². The molecule has 0 spiro atoms. The molecule has 0 aromatic heterocycles. The molecule has 0 aromatic carbocycles. The average Bonchev–Trinajstić information content (AvgIpc) is 2.80. The van der Waals surface area contributed by atoms with E-state index in [1.54, 1.807) is 0 Å². The van der Waals surface area contributed by atoms with E-state index < -0.39 is 60.4 Å². The standard InChI is InChI=1S/C26H44O9/c1-24(19(30)12-28)7-6-16-14(8-24)4-5-18-25(2,9-15(29)10-26(16,18)3)13-34-23-22(33)21(32)20(31)17(11-27)35-23/h8,15-23,27-33H,4-7,9-13H2,1-3H3/t15-,16-,17-,18-,19-,20-,21+,22-,23+,24+,25+,26+/m1/s1. The Balaban J connectivity index is 1.54. The Bertz CT molecular complexity index is 789. The second kappa shape index (κ2) is 9.93. The van der Waals surface area contributed by atoms with Crippen LogP contribution in [-0.2, 0) is 9.47 Å². The number of hydrogen-bond acceptors (Lipinski definition) is 9. The molecule has 1 heterocycles. The minimum atomic E-state index is -1.49. The highest BCUT2D eigenvalue weighted by molar-refractivity contribution is 5.25. The molecule has 1 aliphatic heterocycles. The van der Waals surface area contributed by atoms with E-state index in [4.69, 9.17) is 9.47 Å². The van der Waals surface area contributed by atoms with Crippen molar-refractivity contribution >= 4 is 0 Å². The van der Waals surface area contributed by atoms with Crippen LogP contribution >= 0.6 is 0 Å². The minimum Gasteiger partial charge on any atom is -0.394 e. The molecule has 0 aromatic rings. The Hall–Kier alpha value is -0.620. The number of allylic oxidation sites excluding steroid dienone is 1. The summed E-state index contributed by atoms with van der Waals surface area (Å²) in [5, 5.41) is 71.0. The first-order chi connectivity index (χ1) is 16.4. The number of fused-ring (bicyclic) bond motifs is 3. The summed E-state index contributed by atoms with van der Waals surface area (Å²) in [5.41, 5.74) is 0.256. The van der Waals surface area contributed by atoms with Crippen LogP contribution in [0.4, 0.5) is 0 Å². The second-order valence-electron chi connectivity index (χ2n) is 12.3. The fourth-order valence-electron chi connectivity index (χ4n) is 7.92. The highest BCUT2D eigenvalue weighted by atomic mass is 16.7. The van der Waals surface area contributed by atoms with Crippen LogP contribution in [0.15, 0.2) is 11.6 Å². The van der Waals surface area contributed by atoms with Gasteiger partial charge in [0.1, 0.15) is 24.4 Å². The smallest absolute Gasteiger partial charge is 0.186 e. The zero-order valence-corrected chi connectivity index (χ0v) is 21.1. The van der Waals surface area contributed by atoms with Crippen molar-refractivity contribution in [2.75, 3.05) is 19.8 Å². The maximum atomic E-state index is 11.0. The molecule has 4 aliphatic rings. The van der Waals surface area contributed by atoms with Crippen LogP contribution in [0.25, 0.3) is 0 Å². The lowest BCUT2D eigenvalue weighted by atomic mass is 9.44. The fourth-order valence-corrected chi connectivity index (χ4v) is 7.92. The number of ether oxygens (including phenoxy) is 2. The number of rotatable bonds is 6. The normalized spacial score (nSPS) is 51.2. The first kappa shape index (κ1) is 27.4. The molecule has 9 nitrogen and oxygen atoms in total. The first-order valence-corrected chi connectivity index (χ1v) is 13.0. The molecule has 35 heavy (non-hydrogen) atoms. The fraction of sp³-hybridized carbons (Fsp3) is 0.923. The Kier molecular flexibility index (Phi) is 7.77. The van der Waals surface area contributed by atoms with Gasteiger partial charge in [-0.1, -0.05) is 32.4 Å². The summed E-state index contributed by atoms with van der Waals surface area (Å²) in [6.45, 7) is 5.76. The van der Waals surface area contributed by atoms with E-state index in [0.29, 0.717) is 12.8 Å². The summed E-state index contributed by atoms with van der Waals surface area (Å²) >= 11 is 0. The molecule has 3 aliphatic carbocycles. The van der Waals surface area contributed by atoms with Crippen LogP contribution < -0.4 is 0 Å². The Morgan fingerprint density at radius 2 is 1.74 bits per heavy atom. The molecule has 12 atom stereocenters. The molecule has 0 radical (unpaired) electrons. The van der Waals surface area contributed by atoms with Crippen molar-refractivity contribution in [3.63, 3.8) is 0 Å². The quantitative estimate of drug-likeness (QED) is 0.251. The lowest BCUT2D eigenvalue weighted by Gasteiger charge is -2.61. The van der Waals surface area contributed by atoms with E-state index in [-0.39, 0.29) is 30.5 Å². The maximum Gasteiger partial charge on any atom is 0.186 e. The van der Waals surface area contributed by atoms with Gasteiger partial charge in [-0.3, -0.25) is 0 Å². The van der Waals surface area contributed by atoms with Crippen LogP contribution in [0, 0.1) is 28.1 Å². The van der Waals surface area contributed by atoms with Crippen molar-refractivity contribution in [3.8, 4) is 0 Å². The summed E-state index contributed by atoms with van der Waals surface area (Å²) in [7, 11) is 0. The van der Waals surface area contributed by atoms with Crippen LogP contribution in [-0.4, -0.2) is 98.5 Å². The van der Waals surface area contributed by atoms with Crippen LogP contribution in [0.3, 0.4) is 0 Å². The zero-order valence-electron chi connectivity index (χ0n) is 21.1. The predicted octanol–water partition coefficient (Wildman–Crippen LogP) is 0.0761. The van der Waals surface area contributed by atoms with E-state index in [2.05, 4.69) is 19.9 Å². The molecule has 202 valence electrons. The van der Waals surface area contributed by atoms with Gasteiger partial charge in [-0.15, -0.1) is 0 Å². The molecule has 0 unspecified atom stereocenters. The molecule has 4 rings (SSSR count). The van der Waals surface area contributed by atoms with Gasteiger partial charge in [0.25, 0.3) is 0 Å². The maximum absolute atomic E-state index is 11.0. The average molecular weight is 501 g/mol. The third kappa shape index (κ3) is 4.73. The summed E-state index contributed by atoms with van der Waals surface area (Å²) in [6, 6.07) is 0. The molecular weight excluding hydrogens is 456 g/mol. The molecule has 2 saturated carbocycles. The highest BCUT2D eigenvalue weighted by Crippen LogP contribution is 2.64. The molecule has 9 heteroatoms. The van der Waals surface area contributed by atoms with Gasteiger partial charge in [-0.05, 0) is 61.2 Å². The number of hydrogen-bond donors (Lipinski definition) is 7. The third-order valence-corrected chi connectivity index (χ3v) is 9.83. The second-order valence-corrected chi connectivity index (χ2v) is 12.3. The number of aliphatic hydroxyl groups is 7. The van der Waals surface area contributed by atoms with Crippen molar-refractivity contribution in [1.82, 2.24) is 0 Å². The monoisotopic (exact) mass is 500 g/mol. The Morgan fingerprint density at radius 1 is 1.03 bits per heavy atom. The van der Waals surface area contributed by atoms with Crippen molar-refractivity contribution < 1.29 is 45.2 Å². The van der Waals surface area contributed by atoms with E-state index >= 15 is 0 Å². The first-order valence-electron chi connectivity index (χ1n) is 13.0. The molecule has 1 saturated heterocycles. The van der Waals surface area contributed by atoms with Crippen LogP contribution in [0.2, 0.25) is 0 Å². The molecule has 0 bridgehead atoms.